The number of amides is 1. The van der Waals surface area contributed by atoms with Crippen LogP contribution in [0, 0.1) is 5.41 Å². The maximum absolute atomic E-state index is 12.8. The minimum absolute atomic E-state index is 0.0127. The van der Waals surface area contributed by atoms with Crippen molar-refractivity contribution < 1.29 is 4.79 Å². The number of H-pyrrole nitrogens is 1. The summed E-state index contributed by atoms with van der Waals surface area (Å²) in [4.78, 5) is 21.8. The fourth-order valence-corrected chi connectivity index (χ4v) is 4.73. The average Bonchev–Trinajstić information content (AvgIpc) is 3.44. The van der Waals surface area contributed by atoms with Gasteiger partial charge in [0, 0.05) is 55.8 Å². The van der Waals surface area contributed by atoms with E-state index in [9.17, 15) is 4.79 Å². The number of rotatable bonds is 4. The Bertz CT molecular complexity index is 1020. The van der Waals surface area contributed by atoms with Gasteiger partial charge in [-0.2, -0.15) is 10.2 Å². The van der Waals surface area contributed by atoms with E-state index >= 15 is 0 Å². The van der Waals surface area contributed by atoms with Crippen molar-refractivity contribution in [3.05, 3.63) is 54.1 Å². The van der Waals surface area contributed by atoms with Crippen molar-refractivity contribution in [1.29, 1.82) is 0 Å². The number of benzene rings is 1. The zero-order chi connectivity index (χ0) is 20.0. The first-order valence-electron chi connectivity index (χ1n) is 10.1. The van der Waals surface area contributed by atoms with Crippen LogP contribution in [0.2, 0.25) is 0 Å². The van der Waals surface area contributed by atoms with Gasteiger partial charge in [-0.25, -0.2) is 4.98 Å². The lowest BCUT2D eigenvalue weighted by molar-refractivity contribution is 0.00252. The van der Waals surface area contributed by atoms with Gasteiger partial charge in [0.15, 0.2) is 5.82 Å². The summed E-state index contributed by atoms with van der Waals surface area (Å²) in [5, 5.41) is 12.0. The molecule has 0 radical (unpaired) electrons. The van der Waals surface area contributed by atoms with E-state index in [2.05, 4.69) is 27.2 Å². The number of likely N-dealkylation sites (tertiary alicyclic amines) is 2. The highest BCUT2D eigenvalue weighted by Gasteiger charge is 2.56. The first-order chi connectivity index (χ1) is 14.1. The number of aromatic nitrogens is 5. The van der Waals surface area contributed by atoms with Crippen LogP contribution in [0.5, 0.6) is 0 Å². The Morgan fingerprint density at radius 2 is 2.00 bits per heavy atom. The largest absolute Gasteiger partial charge is 0.336 e. The SMILES string of the molecule is CCn1ccc(C(=O)N2CC3(CN(C)CC3c3nc(-c4ccccc4)n[nH]3)C2)n1. The number of hydrogen-bond donors (Lipinski definition) is 1. The number of aromatic amines is 1. The molecule has 1 atom stereocenters. The molecule has 29 heavy (non-hydrogen) atoms. The second kappa shape index (κ2) is 6.81. The van der Waals surface area contributed by atoms with Crippen LogP contribution in [0.4, 0.5) is 0 Å². The molecule has 8 heteroatoms. The number of carbonyl (C=O) groups is 1. The quantitative estimate of drug-likeness (QED) is 0.734. The minimum Gasteiger partial charge on any atom is -0.336 e. The number of likely N-dealkylation sites (N-methyl/N-ethyl adjacent to an activating group) is 1. The highest BCUT2D eigenvalue weighted by Crippen LogP contribution is 2.48. The maximum Gasteiger partial charge on any atom is 0.274 e. The Morgan fingerprint density at radius 1 is 1.21 bits per heavy atom. The fourth-order valence-electron chi connectivity index (χ4n) is 4.73. The number of aryl methyl sites for hydroxylation is 1. The molecule has 2 aromatic heterocycles. The van der Waals surface area contributed by atoms with E-state index < -0.39 is 0 Å². The van der Waals surface area contributed by atoms with Crippen LogP contribution in [-0.4, -0.2) is 73.9 Å². The minimum atomic E-state index is 0.0127. The van der Waals surface area contributed by atoms with Crippen LogP contribution in [0.25, 0.3) is 11.4 Å². The molecule has 5 rings (SSSR count). The zero-order valence-corrected chi connectivity index (χ0v) is 16.7. The van der Waals surface area contributed by atoms with E-state index in [1.54, 1.807) is 10.7 Å². The Balaban J connectivity index is 1.34. The molecule has 2 aliphatic heterocycles. The standard InChI is InChI=1S/C21H25N7O/c1-3-28-10-9-17(25-28)20(29)27-13-21(14-27)12-26(2)11-16(21)19-22-18(23-24-19)15-7-5-4-6-8-15/h4-10,16H,3,11-14H2,1-2H3,(H,22,23,24). The molecule has 8 nitrogen and oxygen atoms in total. The van der Waals surface area contributed by atoms with Crippen LogP contribution in [-0.2, 0) is 6.54 Å². The Morgan fingerprint density at radius 3 is 2.72 bits per heavy atom. The smallest absolute Gasteiger partial charge is 0.274 e. The summed E-state index contributed by atoms with van der Waals surface area (Å²) in [7, 11) is 2.13. The van der Waals surface area contributed by atoms with Crippen LogP contribution < -0.4 is 0 Å². The van der Waals surface area contributed by atoms with Gasteiger partial charge in [-0.15, -0.1) is 0 Å². The van der Waals surface area contributed by atoms with E-state index in [1.807, 2.05) is 48.4 Å². The average molecular weight is 391 g/mol. The first kappa shape index (κ1) is 18.1. The normalized spacial score (nSPS) is 20.9. The molecule has 0 bridgehead atoms. The van der Waals surface area contributed by atoms with Crippen molar-refractivity contribution in [3.63, 3.8) is 0 Å². The van der Waals surface area contributed by atoms with E-state index in [0.29, 0.717) is 5.69 Å². The number of hydrogen-bond acceptors (Lipinski definition) is 5. The summed E-state index contributed by atoms with van der Waals surface area (Å²) in [6, 6.07) is 11.8. The molecule has 4 heterocycles. The summed E-state index contributed by atoms with van der Waals surface area (Å²) in [5.41, 5.74) is 1.55. The lowest BCUT2D eigenvalue weighted by Gasteiger charge is -2.50. The summed E-state index contributed by atoms with van der Waals surface area (Å²) >= 11 is 0. The van der Waals surface area contributed by atoms with Crippen molar-refractivity contribution in [2.45, 2.75) is 19.4 Å². The first-order valence-corrected chi connectivity index (χ1v) is 10.1. The maximum atomic E-state index is 12.8. The second-order valence-corrected chi connectivity index (χ2v) is 8.24. The highest BCUT2D eigenvalue weighted by molar-refractivity contribution is 5.93. The van der Waals surface area contributed by atoms with Crippen LogP contribution in [0.3, 0.4) is 0 Å². The predicted octanol–water partition coefficient (Wildman–Crippen LogP) is 1.86. The topological polar surface area (TPSA) is 82.9 Å². The molecule has 1 aromatic carbocycles. The van der Waals surface area contributed by atoms with Gasteiger partial charge in [0.1, 0.15) is 11.5 Å². The Kier molecular flexibility index (Phi) is 4.24. The molecule has 0 aliphatic carbocycles. The van der Waals surface area contributed by atoms with E-state index in [1.165, 1.54) is 0 Å². The van der Waals surface area contributed by atoms with Gasteiger partial charge in [-0.1, -0.05) is 30.3 Å². The lowest BCUT2D eigenvalue weighted by Crippen LogP contribution is -2.61. The number of nitrogens with one attached hydrogen (secondary N) is 1. The third kappa shape index (κ3) is 3.04. The van der Waals surface area contributed by atoms with Gasteiger partial charge in [0.25, 0.3) is 5.91 Å². The molecular formula is C21H25N7O. The molecule has 2 saturated heterocycles. The second-order valence-electron chi connectivity index (χ2n) is 8.24. The molecule has 1 spiro atoms. The third-order valence-electron chi connectivity index (χ3n) is 6.17. The monoisotopic (exact) mass is 391 g/mol. The zero-order valence-electron chi connectivity index (χ0n) is 16.7. The Labute approximate surface area is 169 Å². The molecule has 0 saturated carbocycles. The molecule has 1 unspecified atom stereocenters. The van der Waals surface area contributed by atoms with Crippen LogP contribution >= 0.6 is 0 Å². The third-order valence-corrected chi connectivity index (χ3v) is 6.17. The highest BCUT2D eigenvalue weighted by atomic mass is 16.2. The predicted molar refractivity (Wildman–Crippen MR) is 108 cm³/mol. The van der Waals surface area contributed by atoms with Gasteiger partial charge >= 0.3 is 0 Å². The molecular weight excluding hydrogens is 366 g/mol. The summed E-state index contributed by atoms with van der Waals surface area (Å²) < 4.78 is 1.79. The summed E-state index contributed by atoms with van der Waals surface area (Å²) in [6.45, 7) is 6.09. The van der Waals surface area contributed by atoms with Crippen molar-refractivity contribution in [2.75, 3.05) is 33.2 Å². The van der Waals surface area contributed by atoms with Gasteiger partial charge in [-0.05, 0) is 20.0 Å². The molecule has 150 valence electrons. The number of nitrogens with zero attached hydrogens (tertiary/aromatic N) is 6. The Hall–Kier alpha value is -3.00. The fraction of sp³-hybridized carbons (Fsp3) is 0.429. The van der Waals surface area contributed by atoms with Gasteiger partial charge in [0.05, 0.1) is 0 Å². The lowest BCUT2D eigenvalue weighted by atomic mass is 9.71. The van der Waals surface area contributed by atoms with E-state index in [-0.39, 0.29) is 17.2 Å². The van der Waals surface area contributed by atoms with Crippen molar-refractivity contribution in [3.8, 4) is 11.4 Å². The van der Waals surface area contributed by atoms with E-state index in [4.69, 9.17) is 4.98 Å². The number of carbonyl (C=O) groups excluding carboxylic acids is 1. The van der Waals surface area contributed by atoms with Gasteiger partial charge in [0.2, 0.25) is 0 Å². The van der Waals surface area contributed by atoms with Crippen molar-refractivity contribution in [1.82, 2.24) is 34.8 Å². The summed E-state index contributed by atoms with van der Waals surface area (Å²) in [6.07, 6.45) is 1.86. The molecule has 2 fully saturated rings. The van der Waals surface area contributed by atoms with Crippen LogP contribution in [0.1, 0.15) is 29.2 Å². The molecule has 2 aliphatic rings. The van der Waals surface area contributed by atoms with Gasteiger partial charge in [-0.3, -0.25) is 14.6 Å². The van der Waals surface area contributed by atoms with E-state index in [0.717, 1.165) is 49.9 Å². The van der Waals surface area contributed by atoms with Gasteiger partial charge < -0.3 is 9.80 Å². The van der Waals surface area contributed by atoms with Crippen LogP contribution in [0.15, 0.2) is 42.6 Å². The molecule has 3 aromatic rings. The summed E-state index contributed by atoms with van der Waals surface area (Å²) in [5.74, 6) is 1.88. The van der Waals surface area contributed by atoms with Crippen molar-refractivity contribution >= 4 is 5.91 Å². The molecule has 1 amide bonds. The van der Waals surface area contributed by atoms with Crippen molar-refractivity contribution in [2.24, 2.45) is 5.41 Å². The molecule has 1 N–H and O–H groups in total.